The summed E-state index contributed by atoms with van der Waals surface area (Å²) in [5.41, 5.74) is 0.640. The fourth-order valence-electron chi connectivity index (χ4n) is 3.40. The summed E-state index contributed by atoms with van der Waals surface area (Å²) in [7, 11) is -3.55. The lowest BCUT2D eigenvalue weighted by Crippen LogP contribution is -2.38. The lowest BCUT2D eigenvalue weighted by molar-refractivity contribution is -0.118. The third-order valence-electron chi connectivity index (χ3n) is 4.99. The summed E-state index contributed by atoms with van der Waals surface area (Å²) in [6.45, 7) is 1.02. The van der Waals surface area contributed by atoms with E-state index in [1.165, 1.54) is 11.3 Å². The molecular formula is C21H21ClN2O4S2. The lowest BCUT2D eigenvalue weighted by Gasteiger charge is -2.23. The molecular weight excluding hydrogens is 444 g/mol. The van der Waals surface area contributed by atoms with Crippen LogP contribution in [-0.4, -0.2) is 44.3 Å². The molecule has 1 aliphatic rings. The predicted octanol–water partition coefficient (Wildman–Crippen LogP) is 4.33. The quantitative estimate of drug-likeness (QED) is 0.520. The van der Waals surface area contributed by atoms with Gasteiger partial charge in [-0.25, -0.2) is 13.4 Å². The SMILES string of the molecule is O=C(CCS(=O)(=O)c1ccccc1)N(CC1CCCO1)c1nc2c(Cl)cccc2s1. The Bertz CT molecular complexity index is 1140. The largest absolute Gasteiger partial charge is 0.376 e. The molecule has 158 valence electrons. The van der Waals surface area contributed by atoms with Gasteiger partial charge in [-0.2, -0.15) is 0 Å². The van der Waals surface area contributed by atoms with E-state index in [2.05, 4.69) is 4.98 Å². The molecule has 6 nitrogen and oxygen atoms in total. The van der Waals surface area contributed by atoms with Gasteiger partial charge in [0.1, 0.15) is 5.52 Å². The second kappa shape index (κ2) is 9.01. The van der Waals surface area contributed by atoms with Crippen LogP contribution in [0.3, 0.4) is 0 Å². The van der Waals surface area contributed by atoms with Crippen molar-refractivity contribution in [1.82, 2.24) is 4.98 Å². The molecule has 0 radical (unpaired) electrons. The molecule has 3 aromatic rings. The van der Waals surface area contributed by atoms with Crippen LogP contribution in [0.1, 0.15) is 19.3 Å². The molecule has 9 heteroatoms. The van der Waals surface area contributed by atoms with Gasteiger partial charge >= 0.3 is 0 Å². The van der Waals surface area contributed by atoms with Gasteiger partial charge in [0.05, 0.1) is 33.0 Å². The smallest absolute Gasteiger partial charge is 0.229 e. The number of halogens is 1. The fourth-order valence-corrected chi connectivity index (χ4v) is 5.94. The van der Waals surface area contributed by atoms with Gasteiger partial charge < -0.3 is 4.74 Å². The van der Waals surface area contributed by atoms with E-state index in [9.17, 15) is 13.2 Å². The van der Waals surface area contributed by atoms with Gasteiger partial charge in [-0.3, -0.25) is 9.69 Å². The lowest BCUT2D eigenvalue weighted by atomic mass is 10.2. The minimum Gasteiger partial charge on any atom is -0.376 e. The normalized spacial score (nSPS) is 16.8. The average Bonchev–Trinajstić information content (AvgIpc) is 3.41. The Labute approximate surface area is 184 Å². The second-order valence-electron chi connectivity index (χ2n) is 7.10. The monoisotopic (exact) mass is 464 g/mol. The number of carbonyl (C=O) groups excluding carboxylic acids is 1. The third kappa shape index (κ3) is 4.67. The van der Waals surface area contributed by atoms with Crippen molar-refractivity contribution < 1.29 is 17.9 Å². The van der Waals surface area contributed by atoms with Crippen LogP contribution >= 0.6 is 22.9 Å². The first kappa shape index (κ1) is 21.2. The van der Waals surface area contributed by atoms with Crippen LogP contribution in [0.4, 0.5) is 5.13 Å². The first-order valence-electron chi connectivity index (χ1n) is 9.69. The molecule has 1 aromatic heterocycles. The zero-order valence-electron chi connectivity index (χ0n) is 16.2. The minimum absolute atomic E-state index is 0.0813. The Hall–Kier alpha value is -2.00. The van der Waals surface area contributed by atoms with Crippen molar-refractivity contribution in [3.63, 3.8) is 0 Å². The molecule has 0 bridgehead atoms. The standard InChI is InChI=1S/C21H21ClN2O4S2/c22-17-9-4-10-18-20(17)23-21(29-18)24(14-15-6-5-12-28-15)19(25)11-13-30(26,27)16-7-2-1-3-8-16/h1-4,7-10,15H,5-6,11-14H2. The molecule has 0 spiro atoms. The molecule has 2 heterocycles. The number of amides is 1. The van der Waals surface area contributed by atoms with E-state index in [0.29, 0.717) is 28.8 Å². The molecule has 30 heavy (non-hydrogen) atoms. The molecule has 0 aliphatic carbocycles. The van der Waals surface area contributed by atoms with Crippen LogP contribution in [0.25, 0.3) is 10.2 Å². The molecule has 4 rings (SSSR count). The van der Waals surface area contributed by atoms with Gasteiger partial charge in [0.15, 0.2) is 15.0 Å². The van der Waals surface area contributed by atoms with Crippen molar-refractivity contribution in [2.45, 2.75) is 30.3 Å². The highest BCUT2D eigenvalue weighted by molar-refractivity contribution is 7.91. The second-order valence-corrected chi connectivity index (χ2v) is 10.6. The first-order chi connectivity index (χ1) is 14.4. The molecule has 1 unspecified atom stereocenters. The summed E-state index contributed by atoms with van der Waals surface area (Å²) in [6.07, 6.45) is 1.59. The van der Waals surface area contributed by atoms with Gasteiger partial charge in [-0.05, 0) is 37.1 Å². The van der Waals surface area contributed by atoms with Gasteiger partial charge in [0, 0.05) is 13.0 Å². The summed E-state index contributed by atoms with van der Waals surface area (Å²) in [6, 6.07) is 13.7. The summed E-state index contributed by atoms with van der Waals surface area (Å²) < 4.78 is 31.8. The third-order valence-corrected chi connectivity index (χ3v) is 8.07. The van der Waals surface area contributed by atoms with Gasteiger partial charge in [-0.1, -0.05) is 47.2 Å². The first-order valence-corrected chi connectivity index (χ1v) is 12.5. The maximum absolute atomic E-state index is 13.1. The van der Waals surface area contributed by atoms with Crippen LogP contribution in [0, 0.1) is 0 Å². The van der Waals surface area contributed by atoms with Crippen molar-refractivity contribution in [2.24, 2.45) is 0 Å². The number of carbonyl (C=O) groups is 1. The number of ether oxygens (including phenoxy) is 1. The van der Waals surface area contributed by atoms with Crippen LogP contribution in [0.2, 0.25) is 5.02 Å². The zero-order chi connectivity index (χ0) is 21.1. The van der Waals surface area contributed by atoms with E-state index in [1.54, 1.807) is 41.3 Å². The number of thiazole rings is 1. The van der Waals surface area contributed by atoms with E-state index >= 15 is 0 Å². The number of rotatable bonds is 7. The number of sulfone groups is 1. The van der Waals surface area contributed by atoms with E-state index in [1.807, 2.05) is 12.1 Å². The Morgan fingerprint density at radius 1 is 1.20 bits per heavy atom. The van der Waals surface area contributed by atoms with Crippen molar-refractivity contribution in [2.75, 3.05) is 23.8 Å². The topological polar surface area (TPSA) is 76.6 Å². The van der Waals surface area contributed by atoms with Crippen molar-refractivity contribution >= 4 is 54.0 Å². The molecule has 0 saturated carbocycles. The summed E-state index contributed by atoms with van der Waals surface area (Å²) >= 11 is 7.62. The number of nitrogens with zero attached hydrogens (tertiary/aromatic N) is 2. The van der Waals surface area contributed by atoms with E-state index in [4.69, 9.17) is 16.3 Å². The van der Waals surface area contributed by atoms with Crippen LogP contribution in [0.15, 0.2) is 53.4 Å². The number of anilines is 1. The molecule has 1 fully saturated rings. The van der Waals surface area contributed by atoms with Crippen LogP contribution < -0.4 is 4.90 Å². The molecule has 1 aliphatic heterocycles. The van der Waals surface area contributed by atoms with E-state index < -0.39 is 9.84 Å². The Kier molecular flexibility index (Phi) is 6.38. The molecule has 2 aromatic carbocycles. The van der Waals surface area contributed by atoms with E-state index in [-0.39, 0.29) is 29.1 Å². The van der Waals surface area contributed by atoms with Crippen LogP contribution in [-0.2, 0) is 19.4 Å². The summed E-state index contributed by atoms with van der Waals surface area (Å²) in [5.74, 6) is -0.552. The summed E-state index contributed by atoms with van der Waals surface area (Å²) in [4.78, 5) is 19.4. The summed E-state index contributed by atoms with van der Waals surface area (Å²) in [5, 5.41) is 1.03. The van der Waals surface area contributed by atoms with Gasteiger partial charge in [0.25, 0.3) is 0 Å². The van der Waals surface area contributed by atoms with Crippen molar-refractivity contribution in [3.05, 3.63) is 53.6 Å². The number of aromatic nitrogens is 1. The number of hydrogen-bond donors (Lipinski definition) is 0. The molecule has 1 saturated heterocycles. The maximum atomic E-state index is 13.1. The van der Waals surface area contributed by atoms with Crippen molar-refractivity contribution in [3.8, 4) is 0 Å². The molecule has 1 amide bonds. The number of fused-ring (bicyclic) bond motifs is 1. The fraction of sp³-hybridized carbons (Fsp3) is 0.333. The number of para-hydroxylation sites is 1. The van der Waals surface area contributed by atoms with E-state index in [0.717, 1.165) is 17.5 Å². The Balaban J connectivity index is 1.57. The Morgan fingerprint density at radius 2 is 2.00 bits per heavy atom. The molecule has 1 atom stereocenters. The average molecular weight is 465 g/mol. The predicted molar refractivity (Wildman–Crippen MR) is 119 cm³/mol. The zero-order valence-corrected chi connectivity index (χ0v) is 18.5. The van der Waals surface area contributed by atoms with Crippen molar-refractivity contribution in [1.29, 1.82) is 0 Å². The highest BCUT2D eigenvalue weighted by atomic mass is 35.5. The highest BCUT2D eigenvalue weighted by Gasteiger charge is 2.27. The minimum atomic E-state index is -3.55. The highest BCUT2D eigenvalue weighted by Crippen LogP contribution is 2.33. The Morgan fingerprint density at radius 3 is 2.70 bits per heavy atom. The number of hydrogen-bond acceptors (Lipinski definition) is 6. The number of benzene rings is 2. The van der Waals surface area contributed by atoms with Gasteiger partial charge in [0.2, 0.25) is 5.91 Å². The molecule has 0 N–H and O–H groups in total. The maximum Gasteiger partial charge on any atom is 0.229 e. The van der Waals surface area contributed by atoms with Gasteiger partial charge in [-0.15, -0.1) is 0 Å². The van der Waals surface area contributed by atoms with Crippen LogP contribution in [0.5, 0.6) is 0 Å².